The molecule has 1 heterocycles. The number of nitrogens with one attached hydrogen (secondary N) is 1. The van der Waals surface area contributed by atoms with Crippen molar-refractivity contribution in [3.05, 3.63) is 0 Å². The van der Waals surface area contributed by atoms with Crippen molar-refractivity contribution in [1.82, 2.24) is 15.1 Å². The summed E-state index contributed by atoms with van der Waals surface area (Å²) < 4.78 is 0. The van der Waals surface area contributed by atoms with Gasteiger partial charge in [0.25, 0.3) is 0 Å². The minimum absolute atomic E-state index is 0.119. The topological polar surface area (TPSA) is 35.6 Å². The number of likely N-dealkylation sites (N-methyl/N-ethyl adjacent to an activating group) is 1. The molecule has 0 bridgehead atoms. The third-order valence-electron chi connectivity index (χ3n) is 4.16. The molecule has 1 aliphatic heterocycles. The lowest BCUT2D eigenvalue weighted by molar-refractivity contribution is -0.119. The fraction of sp³-hybridized carbons (Fsp3) is 0.923. The first-order valence-corrected chi connectivity index (χ1v) is 6.85. The molecule has 1 amide bonds. The molecular weight excluding hydrogens is 214 g/mol. The zero-order chi connectivity index (χ0) is 12.3. The Kier molecular flexibility index (Phi) is 4.40. The molecule has 1 N–H and O–H groups in total. The van der Waals surface area contributed by atoms with Crippen LogP contribution >= 0.6 is 0 Å². The lowest BCUT2D eigenvalue weighted by Gasteiger charge is -2.41. The standard InChI is InChI=1S/C13H25N3O/c1-11(17)14-12-3-5-13(6-4-12)16-9-7-15(2)8-10-16/h12-13H,3-10H2,1-2H3,(H,14,17)/t12-,13+. The molecule has 1 saturated heterocycles. The van der Waals surface area contributed by atoms with Crippen LogP contribution < -0.4 is 5.32 Å². The molecule has 2 aliphatic rings. The predicted molar refractivity (Wildman–Crippen MR) is 68.9 cm³/mol. The van der Waals surface area contributed by atoms with Gasteiger partial charge in [-0.2, -0.15) is 0 Å². The van der Waals surface area contributed by atoms with Gasteiger partial charge in [-0.05, 0) is 32.7 Å². The summed E-state index contributed by atoms with van der Waals surface area (Å²) in [6.45, 7) is 6.45. The van der Waals surface area contributed by atoms with E-state index in [1.807, 2.05) is 0 Å². The number of amides is 1. The van der Waals surface area contributed by atoms with E-state index in [-0.39, 0.29) is 5.91 Å². The summed E-state index contributed by atoms with van der Waals surface area (Å²) in [7, 11) is 2.20. The second-order valence-electron chi connectivity index (χ2n) is 5.55. The van der Waals surface area contributed by atoms with E-state index >= 15 is 0 Å². The van der Waals surface area contributed by atoms with Crippen molar-refractivity contribution in [1.29, 1.82) is 0 Å². The monoisotopic (exact) mass is 239 g/mol. The summed E-state index contributed by atoms with van der Waals surface area (Å²) in [5, 5.41) is 3.05. The van der Waals surface area contributed by atoms with E-state index in [0.29, 0.717) is 6.04 Å². The second kappa shape index (κ2) is 5.83. The molecule has 1 saturated carbocycles. The molecule has 0 radical (unpaired) electrons. The molecule has 1 aliphatic carbocycles. The van der Waals surface area contributed by atoms with Gasteiger partial charge >= 0.3 is 0 Å². The van der Waals surface area contributed by atoms with Crippen LogP contribution in [-0.2, 0) is 4.79 Å². The van der Waals surface area contributed by atoms with Gasteiger partial charge in [-0.25, -0.2) is 0 Å². The highest BCUT2D eigenvalue weighted by Gasteiger charge is 2.27. The molecule has 0 unspecified atom stereocenters. The Hall–Kier alpha value is -0.610. The van der Waals surface area contributed by atoms with Crippen molar-refractivity contribution in [3.63, 3.8) is 0 Å². The van der Waals surface area contributed by atoms with Crippen LogP contribution in [-0.4, -0.2) is 61.0 Å². The predicted octanol–water partition coefficient (Wildman–Crippen LogP) is 0.681. The van der Waals surface area contributed by atoms with Gasteiger partial charge in [0.1, 0.15) is 0 Å². The van der Waals surface area contributed by atoms with E-state index in [4.69, 9.17) is 0 Å². The summed E-state index contributed by atoms with van der Waals surface area (Å²) >= 11 is 0. The molecule has 2 rings (SSSR count). The molecule has 2 fully saturated rings. The Labute approximate surface area is 104 Å². The van der Waals surface area contributed by atoms with E-state index in [2.05, 4.69) is 22.2 Å². The summed E-state index contributed by atoms with van der Waals surface area (Å²) in [6, 6.07) is 1.19. The van der Waals surface area contributed by atoms with E-state index in [1.54, 1.807) is 6.92 Å². The van der Waals surface area contributed by atoms with E-state index in [1.165, 1.54) is 39.0 Å². The lowest BCUT2D eigenvalue weighted by Crippen LogP contribution is -2.51. The van der Waals surface area contributed by atoms with Crippen LogP contribution in [0, 0.1) is 0 Å². The van der Waals surface area contributed by atoms with Gasteiger partial charge in [0.2, 0.25) is 5.91 Å². The maximum atomic E-state index is 11.0. The average molecular weight is 239 g/mol. The van der Waals surface area contributed by atoms with Gasteiger partial charge in [-0.15, -0.1) is 0 Å². The number of hydrogen-bond acceptors (Lipinski definition) is 3. The molecule has 0 spiro atoms. The molecular formula is C13H25N3O. The van der Waals surface area contributed by atoms with Crippen molar-refractivity contribution in [3.8, 4) is 0 Å². The quantitative estimate of drug-likeness (QED) is 0.770. The van der Waals surface area contributed by atoms with Crippen LogP contribution in [0.3, 0.4) is 0 Å². The fourth-order valence-electron chi connectivity index (χ4n) is 3.06. The highest BCUT2D eigenvalue weighted by atomic mass is 16.1. The Morgan fingerprint density at radius 3 is 2.18 bits per heavy atom. The van der Waals surface area contributed by atoms with Gasteiger partial charge in [-0.1, -0.05) is 0 Å². The van der Waals surface area contributed by atoms with Crippen LogP contribution in [0.15, 0.2) is 0 Å². The van der Waals surface area contributed by atoms with Gasteiger partial charge in [0.05, 0.1) is 0 Å². The minimum Gasteiger partial charge on any atom is -0.354 e. The first-order valence-electron chi connectivity index (χ1n) is 6.85. The smallest absolute Gasteiger partial charge is 0.217 e. The van der Waals surface area contributed by atoms with Gasteiger partial charge in [0.15, 0.2) is 0 Å². The van der Waals surface area contributed by atoms with E-state index < -0.39 is 0 Å². The first-order chi connectivity index (χ1) is 8.15. The van der Waals surface area contributed by atoms with Crippen LogP contribution in [0.5, 0.6) is 0 Å². The van der Waals surface area contributed by atoms with Crippen LogP contribution in [0.25, 0.3) is 0 Å². The fourth-order valence-corrected chi connectivity index (χ4v) is 3.06. The molecule has 17 heavy (non-hydrogen) atoms. The summed E-state index contributed by atoms with van der Waals surface area (Å²) in [5.74, 6) is 0.119. The number of carbonyl (C=O) groups excluding carboxylic acids is 1. The Morgan fingerprint density at radius 1 is 1.06 bits per heavy atom. The summed E-state index contributed by atoms with van der Waals surface area (Å²) in [5.41, 5.74) is 0. The molecule has 4 nitrogen and oxygen atoms in total. The van der Waals surface area contributed by atoms with E-state index in [9.17, 15) is 4.79 Å². The van der Waals surface area contributed by atoms with Crippen LogP contribution in [0.4, 0.5) is 0 Å². The van der Waals surface area contributed by atoms with Crippen LogP contribution in [0.1, 0.15) is 32.6 Å². The number of carbonyl (C=O) groups is 1. The molecule has 0 atom stereocenters. The van der Waals surface area contributed by atoms with E-state index in [0.717, 1.165) is 18.9 Å². The highest BCUT2D eigenvalue weighted by molar-refractivity contribution is 5.73. The lowest BCUT2D eigenvalue weighted by atomic mass is 9.90. The van der Waals surface area contributed by atoms with Crippen molar-refractivity contribution in [2.75, 3.05) is 33.2 Å². The van der Waals surface area contributed by atoms with Crippen LogP contribution in [0.2, 0.25) is 0 Å². The molecule has 0 aromatic rings. The summed E-state index contributed by atoms with van der Waals surface area (Å²) in [4.78, 5) is 16.0. The van der Waals surface area contributed by atoms with Crippen molar-refractivity contribution in [2.45, 2.75) is 44.7 Å². The Balaban J connectivity index is 1.73. The second-order valence-corrected chi connectivity index (χ2v) is 5.55. The van der Waals surface area contributed by atoms with Crippen molar-refractivity contribution < 1.29 is 4.79 Å². The first kappa shape index (κ1) is 12.8. The molecule has 98 valence electrons. The Morgan fingerprint density at radius 2 is 1.65 bits per heavy atom. The average Bonchev–Trinajstić information content (AvgIpc) is 2.30. The zero-order valence-electron chi connectivity index (χ0n) is 11.1. The van der Waals surface area contributed by atoms with Crippen molar-refractivity contribution in [2.24, 2.45) is 0 Å². The number of nitrogens with zero attached hydrogens (tertiary/aromatic N) is 2. The maximum absolute atomic E-state index is 11.0. The number of piperazine rings is 1. The van der Waals surface area contributed by atoms with Crippen molar-refractivity contribution >= 4 is 5.91 Å². The molecule has 4 heteroatoms. The van der Waals surface area contributed by atoms with Gasteiger partial charge in [-0.3, -0.25) is 9.69 Å². The number of hydrogen-bond donors (Lipinski definition) is 1. The number of rotatable bonds is 2. The minimum atomic E-state index is 0.119. The third-order valence-corrected chi connectivity index (χ3v) is 4.16. The largest absolute Gasteiger partial charge is 0.354 e. The normalized spacial score (nSPS) is 32.4. The highest BCUT2D eigenvalue weighted by Crippen LogP contribution is 2.23. The molecule has 0 aromatic carbocycles. The van der Waals surface area contributed by atoms with Gasteiger partial charge in [0, 0.05) is 45.2 Å². The maximum Gasteiger partial charge on any atom is 0.217 e. The van der Waals surface area contributed by atoms with Gasteiger partial charge < -0.3 is 10.2 Å². The Bertz CT molecular complexity index is 253. The third kappa shape index (κ3) is 3.68. The SMILES string of the molecule is CC(=O)N[C@H]1CC[C@@H](N2CCN(C)CC2)CC1. The molecule has 0 aromatic heterocycles. The summed E-state index contributed by atoms with van der Waals surface area (Å²) in [6.07, 6.45) is 4.79. The zero-order valence-corrected chi connectivity index (χ0v) is 11.1.